The molecule has 4 atom stereocenters. The third kappa shape index (κ3) is 2.34. The minimum atomic E-state index is 0.547. The van der Waals surface area contributed by atoms with Crippen LogP contribution < -0.4 is 5.32 Å². The summed E-state index contributed by atoms with van der Waals surface area (Å²) in [5.74, 6) is 2.19. The first kappa shape index (κ1) is 10.4. The maximum Gasteiger partial charge on any atom is 0.0757 e. The summed E-state index contributed by atoms with van der Waals surface area (Å²) in [6.07, 6.45) is 5.93. The van der Waals surface area contributed by atoms with Gasteiger partial charge in [-0.15, -0.1) is 0 Å². The Labute approximate surface area is 96.5 Å². The summed E-state index contributed by atoms with van der Waals surface area (Å²) in [6.45, 7) is 3.32. The van der Waals surface area contributed by atoms with Gasteiger partial charge < -0.3 is 10.1 Å². The van der Waals surface area contributed by atoms with Crippen LogP contribution in [0.15, 0.2) is 0 Å². The Bertz CT molecular complexity index is 232. The van der Waals surface area contributed by atoms with Gasteiger partial charge in [-0.05, 0) is 31.6 Å². The van der Waals surface area contributed by atoms with Crippen LogP contribution in [0.3, 0.4) is 0 Å². The van der Waals surface area contributed by atoms with Crippen LogP contribution in [-0.4, -0.2) is 35.8 Å². The van der Waals surface area contributed by atoms with Crippen LogP contribution in [0.1, 0.15) is 32.6 Å². The van der Waals surface area contributed by atoms with Crippen molar-refractivity contribution >= 4 is 11.8 Å². The van der Waals surface area contributed by atoms with Gasteiger partial charge in [0.15, 0.2) is 0 Å². The lowest BCUT2D eigenvalue weighted by Gasteiger charge is -2.23. The highest BCUT2D eigenvalue weighted by Crippen LogP contribution is 2.39. The fraction of sp³-hybridized carbons (Fsp3) is 1.00. The van der Waals surface area contributed by atoms with Gasteiger partial charge in [-0.3, -0.25) is 0 Å². The van der Waals surface area contributed by atoms with E-state index in [1.165, 1.54) is 31.4 Å². The molecule has 0 bridgehead atoms. The van der Waals surface area contributed by atoms with Crippen molar-refractivity contribution in [1.82, 2.24) is 5.32 Å². The maximum absolute atomic E-state index is 5.86. The van der Waals surface area contributed by atoms with Gasteiger partial charge >= 0.3 is 0 Å². The molecule has 3 rings (SSSR count). The van der Waals surface area contributed by atoms with E-state index in [1.54, 1.807) is 0 Å². The number of hydrogen-bond acceptors (Lipinski definition) is 3. The average molecular weight is 227 g/mol. The second kappa shape index (κ2) is 4.27. The van der Waals surface area contributed by atoms with Gasteiger partial charge in [0, 0.05) is 29.7 Å². The van der Waals surface area contributed by atoms with Crippen LogP contribution in [0.25, 0.3) is 0 Å². The topological polar surface area (TPSA) is 21.3 Å². The van der Waals surface area contributed by atoms with Gasteiger partial charge in [0.05, 0.1) is 6.10 Å². The fourth-order valence-corrected chi connectivity index (χ4v) is 4.08. The zero-order valence-corrected chi connectivity index (χ0v) is 10.3. The molecule has 3 aliphatic rings. The molecule has 2 saturated heterocycles. The zero-order valence-electron chi connectivity index (χ0n) is 9.45. The van der Waals surface area contributed by atoms with Crippen molar-refractivity contribution in [3.63, 3.8) is 0 Å². The van der Waals surface area contributed by atoms with Gasteiger partial charge in [0.25, 0.3) is 0 Å². The van der Waals surface area contributed by atoms with Crippen molar-refractivity contribution in [3.8, 4) is 0 Å². The van der Waals surface area contributed by atoms with Crippen molar-refractivity contribution in [2.75, 3.05) is 12.4 Å². The van der Waals surface area contributed by atoms with Gasteiger partial charge in [0.1, 0.15) is 0 Å². The number of ether oxygens (including phenoxy) is 1. The van der Waals surface area contributed by atoms with E-state index in [2.05, 4.69) is 24.0 Å². The van der Waals surface area contributed by atoms with E-state index in [-0.39, 0.29) is 0 Å². The molecule has 0 spiro atoms. The highest BCUT2D eigenvalue weighted by atomic mass is 32.2. The Kier molecular flexibility index (Phi) is 2.97. The summed E-state index contributed by atoms with van der Waals surface area (Å²) in [6, 6.07) is 1.41. The molecule has 1 aliphatic carbocycles. The molecule has 0 amide bonds. The normalized spacial score (nSPS) is 46.2. The Morgan fingerprint density at radius 3 is 2.80 bits per heavy atom. The predicted octanol–water partition coefficient (Wildman–Crippen LogP) is 2.04. The van der Waals surface area contributed by atoms with E-state index in [9.17, 15) is 0 Å². The molecule has 3 fully saturated rings. The van der Waals surface area contributed by atoms with Crippen LogP contribution in [0.4, 0.5) is 0 Å². The third-order valence-corrected chi connectivity index (χ3v) is 5.23. The molecule has 2 aliphatic heterocycles. The molecule has 1 saturated carbocycles. The number of thioether (sulfide) groups is 1. The Morgan fingerprint density at radius 1 is 1.27 bits per heavy atom. The van der Waals surface area contributed by atoms with Gasteiger partial charge in [-0.2, -0.15) is 11.8 Å². The maximum atomic E-state index is 5.86. The van der Waals surface area contributed by atoms with Crippen molar-refractivity contribution in [2.45, 2.75) is 56.0 Å². The van der Waals surface area contributed by atoms with E-state index >= 15 is 0 Å². The van der Waals surface area contributed by atoms with E-state index in [0.717, 1.165) is 23.8 Å². The molecule has 4 unspecified atom stereocenters. The summed E-state index contributed by atoms with van der Waals surface area (Å²) in [4.78, 5) is 0. The van der Waals surface area contributed by atoms with E-state index in [0.29, 0.717) is 12.1 Å². The van der Waals surface area contributed by atoms with Crippen molar-refractivity contribution in [2.24, 2.45) is 5.92 Å². The quantitative estimate of drug-likeness (QED) is 0.797. The summed E-state index contributed by atoms with van der Waals surface area (Å²) < 4.78 is 5.86. The van der Waals surface area contributed by atoms with E-state index < -0.39 is 0 Å². The van der Waals surface area contributed by atoms with Crippen LogP contribution in [-0.2, 0) is 4.74 Å². The van der Waals surface area contributed by atoms with Crippen molar-refractivity contribution in [1.29, 1.82) is 0 Å². The minimum Gasteiger partial charge on any atom is -0.376 e. The van der Waals surface area contributed by atoms with Gasteiger partial charge in [-0.1, -0.05) is 6.92 Å². The molecular weight excluding hydrogens is 206 g/mol. The second-order valence-corrected chi connectivity index (χ2v) is 6.78. The van der Waals surface area contributed by atoms with Gasteiger partial charge in [-0.25, -0.2) is 0 Å². The molecule has 1 N–H and O–H groups in total. The number of rotatable bonds is 3. The Balaban J connectivity index is 1.53. The lowest BCUT2D eigenvalue weighted by Crippen LogP contribution is -2.44. The molecule has 0 aromatic carbocycles. The van der Waals surface area contributed by atoms with Crippen LogP contribution in [0.5, 0.6) is 0 Å². The first-order chi connectivity index (χ1) is 7.33. The van der Waals surface area contributed by atoms with E-state index in [1.807, 2.05) is 0 Å². The Hall–Kier alpha value is 0.270. The summed E-state index contributed by atoms with van der Waals surface area (Å²) in [5.41, 5.74) is 0. The van der Waals surface area contributed by atoms with Crippen LogP contribution >= 0.6 is 11.8 Å². The monoisotopic (exact) mass is 227 g/mol. The number of hydrogen-bond donors (Lipinski definition) is 1. The fourth-order valence-electron chi connectivity index (χ4n) is 2.92. The zero-order chi connectivity index (χ0) is 10.3. The highest BCUT2D eigenvalue weighted by Gasteiger charge is 2.41. The first-order valence-electron chi connectivity index (χ1n) is 6.32. The molecule has 0 aromatic heterocycles. The number of nitrogens with one attached hydrogen (secondary N) is 1. The minimum absolute atomic E-state index is 0.547. The molecule has 2 nitrogen and oxygen atoms in total. The molecule has 0 radical (unpaired) electrons. The second-order valence-electron chi connectivity index (χ2n) is 5.31. The molecule has 2 heterocycles. The van der Waals surface area contributed by atoms with Crippen molar-refractivity contribution in [3.05, 3.63) is 0 Å². The molecule has 0 aromatic rings. The van der Waals surface area contributed by atoms with E-state index in [4.69, 9.17) is 4.74 Å². The summed E-state index contributed by atoms with van der Waals surface area (Å²) in [5, 5.41) is 4.68. The SMILES string of the molecule is CC1CC(NC2CCOC2C2CC2)CS1. The summed E-state index contributed by atoms with van der Waals surface area (Å²) in [7, 11) is 0. The van der Waals surface area contributed by atoms with Crippen LogP contribution in [0.2, 0.25) is 0 Å². The smallest absolute Gasteiger partial charge is 0.0757 e. The first-order valence-corrected chi connectivity index (χ1v) is 7.37. The molecule has 86 valence electrons. The highest BCUT2D eigenvalue weighted by molar-refractivity contribution is 8.00. The molecular formula is C12H21NOS. The standard InChI is InChI=1S/C12H21NOS/c1-8-6-10(7-15-8)13-11-4-5-14-12(11)9-2-3-9/h8-13H,2-7H2,1H3. The van der Waals surface area contributed by atoms with Gasteiger partial charge in [0.2, 0.25) is 0 Å². The molecule has 3 heteroatoms. The largest absolute Gasteiger partial charge is 0.376 e. The van der Waals surface area contributed by atoms with Crippen molar-refractivity contribution < 1.29 is 4.74 Å². The Morgan fingerprint density at radius 2 is 2.13 bits per heavy atom. The lowest BCUT2D eigenvalue weighted by molar-refractivity contribution is 0.0793. The molecule has 15 heavy (non-hydrogen) atoms. The van der Waals surface area contributed by atoms with Crippen LogP contribution in [0, 0.1) is 5.92 Å². The predicted molar refractivity (Wildman–Crippen MR) is 64.3 cm³/mol. The lowest BCUT2D eigenvalue weighted by atomic mass is 10.0. The summed E-state index contributed by atoms with van der Waals surface area (Å²) >= 11 is 2.11. The average Bonchev–Trinajstić information content (AvgIpc) is 2.83. The third-order valence-electron chi connectivity index (χ3n) is 3.87.